The van der Waals surface area contributed by atoms with E-state index in [1.165, 1.54) is 16.7 Å². The lowest BCUT2D eigenvalue weighted by molar-refractivity contribution is -0.115. The third-order valence-electron chi connectivity index (χ3n) is 2.35. The standard InChI is InChI=1S/C11H11NO3S2/c1-14-8-3-7(4-9(5-8)15-2)12-10(13)6-17-11(12)16/h3-5H,6H2,1-2H3. The maximum absolute atomic E-state index is 11.7. The molecule has 1 aliphatic rings. The number of nitrogens with zero attached hydrogens (tertiary/aromatic N) is 1. The minimum Gasteiger partial charge on any atom is -0.497 e. The van der Waals surface area contributed by atoms with Crippen molar-refractivity contribution in [2.45, 2.75) is 0 Å². The van der Waals surface area contributed by atoms with Crippen molar-refractivity contribution in [2.24, 2.45) is 0 Å². The number of thiocarbonyl (C=S) groups is 1. The molecule has 0 radical (unpaired) electrons. The summed E-state index contributed by atoms with van der Waals surface area (Å²) in [7, 11) is 3.13. The number of methoxy groups -OCH3 is 2. The van der Waals surface area contributed by atoms with Gasteiger partial charge in [-0.15, -0.1) is 0 Å². The van der Waals surface area contributed by atoms with Crippen LogP contribution in [-0.4, -0.2) is 30.2 Å². The maximum atomic E-state index is 11.7. The van der Waals surface area contributed by atoms with Gasteiger partial charge in [-0.3, -0.25) is 9.69 Å². The molecule has 17 heavy (non-hydrogen) atoms. The summed E-state index contributed by atoms with van der Waals surface area (Å²) in [6, 6.07) is 5.28. The smallest absolute Gasteiger partial charge is 0.243 e. The Kier molecular flexibility index (Phi) is 3.54. The summed E-state index contributed by atoms with van der Waals surface area (Å²) in [6.45, 7) is 0. The van der Waals surface area contributed by atoms with Gasteiger partial charge in [0, 0.05) is 18.2 Å². The van der Waals surface area contributed by atoms with Gasteiger partial charge < -0.3 is 9.47 Å². The van der Waals surface area contributed by atoms with Crippen LogP contribution in [0.25, 0.3) is 0 Å². The van der Waals surface area contributed by atoms with Crippen molar-refractivity contribution in [3.63, 3.8) is 0 Å². The second-order valence-corrected chi connectivity index (χ2v) is 4.96. The Hall–Kier alpha value is -1.27. The lowest BCUT2D eigenvalue weighted by Crippen LogP contribution is -2.27. The van der Waals surface area contributed by atoms with Crippen molar-refractivity contribution >= 4 is 39.9 Å². The van der Waals surface area contributed by atoms with Gasteiger partial charge in [0.15, 0.2) is 0 Å². The van der Waals surface area contributed by atoms with Crippen LogP contribution in [0, 0.1) is 0 Å². The highest BCUT2D eigenvalue weighted by molar-refractivity contribution is 8.24. The van der Waals surface area contributed by atoms with Crippen molar-refractivity contribution < 1.29 is 14.3 Å². The monoisotopic (exact) mass is 269 g/mol. The normalized spacial score (nSPS) is 15.3. The Morgan fingerprint density at radius 2 is 1.82 bits per heavy atom. The van der Waals surface area contributed by atoms with Gasteiger partial charge in [0.1, 0.15) is 15.8 Å². The summed E-state index contributed by atoms with van der Waals surface area (Å²) in [6.07, 6.45) is 0. The van der Waals surface area contributed by atoms with E-state index >= 15 is 0 Å². The number of hydrogen-bond acceptors (Lipinski definition) is 5. The molecule has 1 aromatic rings. The zero-order valence-corrected chi connectivity index (χ0v) is 11.1. The summed E-state index contributed by atoms with van der Waals surface area (Å²) in [5.74, 6) is 1.63. The molecule has 1 amide bonds. The number of carbonyl (C=O) groups is 1. The molecular weight excluding hydrogens is 258 g/mol. The van der Waals surface area contributed by atoms with Crippen LogP contribution in [0.2, 0.25) is 0 Å². The van der Waals surface area contributed by atoms with E-state index in [2.05, 4.69) is 0 Å². The zero-order valence-electron chi connectivity index (χ0n) is 9.43. The fourth-order valence-electron chi connectivity index (χ4n) is 1.53. The van der Waals surface area contributed by atoms with E-state index in [1.54, 1.807) is 32.4 Å². The number of amides is 1. The molecular formula is C11H11NO3S2. The van der Waals surface area contributed by atoms with Crippen molar-refractivity contribution in [1.29, 1.82) is 0 Å². The Labute approximate surface area is 109 Å². The van der Waals surface area contributed by atoms with Gasteiger partial charge in [0.2, 0.25) is 5.91 Å². The molecule has 6 heteroatoms. The second kappa shape index (κ2) is 4.93. The molecule has 0 aliphatic carbocycles. The first-order chi connectivity index (χ1) is 8.15. The van der Waals surface area contributed by atoms with Gasteiger partial charge in [0.25, 0.3) is 0 Å². The van der Waals surface area contributed by atoms with Crippen molar-refractivity contribution in [3.05, 3.63) is 18.2 Å². The lowest BCUT2D eigenvalue weighted by atomic mass is 10.2. The number of carbonyl (C=O) groups excluding carboxylic acids is 1. The summed E-state index contributed by atoms with van der Waals surface area (Å²) in [5, 5.41) is 0. The average molecular weight is 269 g/mol. The molecule has 0 saturated carbocycles. The van der Waals surface area contributed by atoms with Crippen LogP contribution in [0.5, 0.6) is 11.5 Å². The molecule has 0 unspecified atom stereocenters. The summed E-state index contributed by atoms with van der Waals surface area (Å²) >= 11 is 6.51. The van der Waals surface area contributed by atoms with Crippen molar-refractivity contribution in [1.82, 2.24) is 0 Å². The number of ether oxygens (including phenoxy) is 2. The van der Waals surface area contributed by atoms with E-state index in [0.29, 0.717) is 27.3 Å². The number of anilines is 1. The summed E-state index contributed by atoms with van der Waals surface area (Å²) in [5.41, 5.74) is 0.682. The minimum absolute atomic E-state index is 0.0182. The molecule has 4 nitrogen and oxygen atoms in total. The largest absolute Gasteiger partial charge is 0.497 e. The minimum atomic E-state index is -0.0182. The summed E-state index contributed by atoms with van der Waals surface area (Å²) in [4.78, 5) is 13.2. The molecule has 1 aliphatic heterocycles. The van der Waals surface area contributed by atoms with Crippen LogP contribution in [0.15, 0.2) is 18.2 Å². The van der Waals surface area contributed by atoms with Gasteiger partial charge in [-0.25, -0.2) is 0 Å². The van der Waals surface area contributed by atoms with E-state index < -0.39 is 0 Å². The third kappa shape index (κ3) is 2.37. The molecule has 0 N–H and O–H groups in total. The molecule has 2 rings (SSSR count). The van der Waals surface area contributed by atoms with Crippen LogP contribution in [0.3, 0.4) is 0 Å². The van der Waals surface area contributed by atoms with Crippen LogP contribution >= 0.6 is 24.0 Å². The van der Waals surface area contributed by atoms with Crippen molar-refractivity contribution in [2.75, 3.05) is 24.9 Å². The SMILES string of the molecule is COc1cc(OC)cc(N2C(=O)CSC2=S)c1. The molecule has 0 spiro atoms. The molecule has 1 aromatic carbocycles. The van der Waals surface area contributed by atoms with Gasteiger partial charge in [-0.1, -0.05) is 24.0 Å². The maximum Gasteiger partial charge on any atom is 0.243 e. The van der Waals surface area contributed by atoms with Gasteiger partial charge in [-0.05, 0) is 0 Å². The molecule has 1 fully saturated rings. The predicted octanol–water partition coefficient (Wildman–Crippen LogP) is 2.07. The van der Waals surface area contributed by atoms with Crippen LogP contribution < -0.4 is 14.4 Å². The molecule has 1 saturated heterocycles. The van der Waals surface area contributed by atoms with Gasteiger partial charge >= 0.3 is 0 Å². The topological polar surface area (TPSA) is 38.8 Å². The quantitative estimate of drug-likeness (QED) is 0.785. The molecule has 90 valence electrons. The zero-order chi connectivity index (χ0) is 12.4. The Balaban J connectivity index is 2.43. The first-order valence-electron chi connectivity index (χ1n) is 4.88. The Morgan fingerprint density at radius 1 is 1.24 bits per heavy atom. The Morgan fingerprint density at radius 3 is 2.24 bits per heavy atom. The number of benzene rings is 1. The molecule has 1 heterocycles. The van der Waals surface area contributed by atoms with Crippen molar-refractivity contribution in [3.8, 4) is 11.5 Å². The molecule has 0 aromatic heterocycles. The van der Waals surface area contributed by atoms with E-state index in [0.717, 1.165) is 0 Å². The number of hydrogen-bond donors (Lipinski definition) is 0. The first kappa shape index (κ1) is 12.2. The van der Waals surface area contributed by atoms with Gasteiger partial charge in [-0.2, -0.15) is 0 Å². The van der Waals surface area contributed by atoms with Gasteiger partial charge in [0.05, 0.1) is 25.7 Å². The van der Waals surface area contributed by atoms with E-state index in [9.17, 15) is 4.79 Å². The Bertz CT molecular complexity index is 438. The average Bonchev–Trinajstić information content (AvgIpc) is 2.68. The van der Waals surface area contributed by atoms with E-state index in [1.807, 2.05) is 0 Å². The highest BCUT2D eigenvalue weighted by Crippen LogP contribution is 2.33. The summed E-state index contributed by atoms with van der Waals surface area (Å²) < 4.78 is 10.9. The highest BCUT2D eigenvalue weighted by atomic mass is 32.2. The second-order valence-electron chi connectivity index (χ2n) is 3.35. The third-order valence-corrected chi connectivity index (χ3v) is 3.70. The molecule has 0 bridgehead atoms. The van der Waals surface area contributed by atoms with Crippen LogP contribution in [0.4, 0.5) is 5.69 Å². The fourth-order valence-corrected chi connectivity index (χ4v) is 2.62. The number of thioether (sulfide) groups is 1. The predicted molar refractivity (Wildman–Crippen MR) is 72.1 cm³/mol. The first-order valence-corrected chi connectivity index (χ1v) is 6.28. The fraction of sp³-hybridized carbons (Fsp3) is 0.273. The lowest BCUT2D eigenvalue weighted by Gasteiger charge is -2.17. The van der Waals surface area contributed by atoms with Crippen LogP contribution in [-0.2, 0) is 4.79 Å². The van der Waals surface area contributed by atoms with E-state index in [4.69, 9.17) is 21.7 Å². The molecule has 0 atom stereocenters. The highest BCUT2D eigenvalue weighted by Gasteiger charge is 2.28. The van der Waals surface area contributed by atoms with E-state index in [-0.39, 0.29) is 5.91 Å². The number of rotatable bonds is 3. The van der Waals surface area contributed by atoms with Crippen LogP contribution in [0.1, 0.15) is 0 Å².